The van der Waals surface area contributed by atoms with E-state index in [0.29, 0.717) is 5.69 Å². The lowest BCUT2D eigenvalue weighted by Crippen LogP contribution is -2.38. The van der Waals surface area contributed by atoms with Gasteiger partial charge >= 0.3 is 0 Å². The minimum atomic E-state index is -0.547. The maximum atomic E-state index is 11.5. The zero-order valence-electron chi connectivity index (χ0n) is 8.62. The molecule has 0 aliphatic carbocycles. The van der Waals surface area contributed by atoms with Crippen molar-refractivity contribution in [1.82, 2.24) is 0 Å². The number of fused-ring (bicyclic) bond motifs is 1. The molecule has 7 heteroatoms. The lowest BCUT2D eigenvalue weighted by Gasteiger charge is -2.26. The number of amides is 1. The number of benzene rings is 1. The van der Waals surface area contributed by atoms with Gasteiger partial charge in [0.2, 0.25) is 0 Å². The SMILES string of the molecule is N#CCN1C(=O)COc2cc([N+](=O)[O-])ccc21. The molecule has 0 N–H and O–H groups in total. The Balaban J connectivity index is 2.44. The highest BCUT2D eigenvalue weighted by molar-refractivity contribution is 5.98. The fraction of sp³-hybridized carbons (Fsp3) is 0.200. The topological polar surface area (TPSA) is 96.5 Å². The standard InChI is InChI=1S/C10H7N3O4/c11-3-4-12-8-2-1-7(13(15)16)5-9(8)17-6-10(12)14/h1-2,5H,4,6H2. The molecule has 0 unspecified atom stereocenters. The van der Waals surface area contributed by atoms with Crippen molar-refractivity contribution in [3.05, 3.63) is 28.3 Å². The van der Waals surface area contributed by atoms with Crippen LogP contribution in [0.3, 0.4) is 0 Å². The molecule has 0 aromatic heterocycles. The fourth-order valence-electron chi connectivity index (χ4n) is 1.55. The van der Waals surface area contributed by atoms with Crippen molar-refractivity contribution in [3.8, 4) is 11.8 Å². The number of nitrogens with zero attached hydrogens (tertiary/aromatic N) is 3. The van der Waals surface area contributed by atoms with Gasteiger partial charge in [0.05, 0.1) is 22.7 Å². The van der Waals surface area contributed by atoms with Gasteiger partial charge in [0.15, 0.2) is 12.4 Å². The first-order valence-corrected chi connectivity index (χ1v) is 4.72. The second-order valence-corrected chi connectivity index (χ2v) is 3.34. The van der Waals surface area contributed by atoms with Gasteiger partial charge in [0.1, 0.15) is 6.54 Å². The van der Waals surface area contributed by atoms with E-state index in [9.17, 15) is 14.9 Å². The molecule has 1 aliphatic rings. The summed E-state index contributed by atoms with van der Waals surface area (Å²) in [5, 5.41) is 19.2. The molecule has 1 heterocycles. The van der Waals surface area contributed by atoms with Gasteiger partial charge in [0, 0.05) is 6.07 Å². The van der Waals surface area contributed by atoms with Crippen LogP contribution in [0.1, 0.15) is 0 Å². The van der Waals surface area contributed by atoms with E-state index < -0.39 is 4.92 Å². The van der Waals surface area contributed by atoms with Crippen LogP contribution in [0, 0.1) is 21.4 Å². The molecule has 1 amide bonds. The average Bonchev–Trinajstić information content (AvgIpc) is 2.32. The summed E-state index contributed by atoms with van der Waals surface area (Å²) in [6.45, 7) is -0.317. The minimum absolute atomic E-state index is 0.104. The Kier molecular flexibility index (Phi) is 2.62. The number of carbonyl (C=O) groups excluding carboxylic acids is 1. The van der Waals surface area contributed by atoms with Crippen LogP contribution in [-0.2, 0) is 4.79 Å². The van der Waals surface area contributed by atoms with Crippen LogP contribution in [0.15, 0.2) is 18.2 Å². The summed E-state index contributed by atoms with van der Waals surface area (Å²) in [7, 11) is 0. The highest BCUT2D eigenvalue weighted by Gasteiger charge is 2.26. The zero-order chi connectivity index (χ0) is 12.4. The van der Waals surface area contributed by atoms with Gasteiger partial charge in [0.25, 0.3) is 11.6 Å². The third-order valence-electron chi connectivity index (χ3n) is 2.33. The molecule has 0 radical (unpaired) electrons. The van der Waals surface area contributed by atoms with Crippen LogP contribution in [-0.4, -0.2) is 24.0 Å². The van der Waals surface area contributed by atoms with Crippen LogP contribution in [0.5, 0.6) is 5.75 Å². The monoisotopic (exact) mass is 233 g/mol. The number of carbonyl (C=O) groups is 1. The molecule has 1 aliphatic heterocycles. The average molecular weight is 233 g/mol. The van der Waals surface area contributed by atoms with Crippen LogP contribution in [0.25, 0.3) is 0 Å². The number of nitro benzene ring substituents is 1. The maximum Gasteiger partial charge on any atom is 0.273 e. The highest BCUT2D eigenvalue weighted by Crippen LogP contribution is 2.34. The van der Waals surface area contributed by atoms with Crippen molar-refractivity contribution in [1.29, 1.82) is 5.26 Å². The number of hydrogen-bond donors (Lipinski definition) is 0. The van der Waals surface area contributed by atoms with E-state index in [2.05, 4.69) is 0 Å². The molecule has 86 valence electrons. The minimum Gasteiger partial charge on any atom is -0.481 e. The Hall–Kier alpha value is -2.62. The van der Waals surface area contributed by atoms with E-state index in [4.69, 9.17) is 10.00 Å². The van der Waals surface area contributed by atoms with Gasteiger partial charge in [-0.3, -0.25) is 19.8 Å². The van der Waals surface area contributed by atoms with Gasteiger partial charge < -0.3 is 4.74 Å². The second-order valence-electron chi connectivity index (χ2n) is 3.34. The van der Waals surface area contributed by atoms with Crippen LogP contribution in [0.4, 0.5) is 11.4 Å². The van der Waals surface area contributed by atoms with Crippen molar-refractivity contribution in [2.24, 2.45) is 0 Å². The lowest BCUT2D eigenvalue weighted by atomic mass is 10.2. The molecule has 7 nitrogen and oxygen atoms in total. The van der Waals surface area contributed by atoms with Crippen molar-refractivity contribution in [3.63, 3.8) is 0 Å². The maximum absolute atomic E-state index is 11.5. The van der Waals surface area contributed by atoms with Crippen molar-refractivity contribution in [2.75, 3.05) is 18.1 Å². The first kappa shape index (κ1) is 10.9. The Bertz CT molecular complexity index is 535. The smallest absolute Gasteiger partial charge is 0.273 e. The Morgan fingerprint density at radius 2 is 2.35 bits per heavy atom. The van der Waals surface area contributed by atoms with E-state index in [1.54, 1.807) is 0 Å². The third kappa shape index (κ3) is 1.88. The number of anilines is 1. The highest BCUT2D eigenvalue weighted by atomic mass is 16.6. The van der Waals surface area contributed by atoms with Crippen LogP contribution < -0.4 is 9.64 Å². The second kappa shape index (κ2) is 4.09. The molecule has 0 fully saturated rings. The largest absolute Gasteiger partial charge is 0.481 e. The van der Waals surface area contributed by atoms with Gasteiger partial charge in [-0.15, -0.1) is 0 Å². The molecule has 1 aromatic carbocycles. The molecule has 0 saturated carbocycles. The first-order chi connectivity index (χ1) is 8.13. The van der Waals surface area contributed by atoms with Gasteiger partial charge in [-0.1, -0.05) is 0 Å². The summed E-state index contributed by atoms with van der Waals surface area (Å²) in [5.41, 5.74) is 0.267. The van der Waals surface area contributed by atoms with Crippen molar-refractivity contribution < 1.29 is 14.5 Å². The lowest BCUT2D eigenvalue weighted by molar-refractivity contribution is -0.384. The van der Waals surface area contributed by atoms with E-state index in [0.717, 1.165) is 0 Å². The predicted molar refractivity (Wildman–Crippen MR) is 56.6 cm³/mol. The van der Waals surface area contributed by atoms with E-state index in [-0.39, 0.29) is 30.5 Å². The fourth-order valence-corrected chi connectivity index (χ4v) is 1.55. The quantitative estimate of drug-likeness (QED) is 0.428. The summed E-state index contributed by atoms with van der Waals surface area (Å²) in [6, 6.07) is 5.78. The summed E-state index contributed by atoms with van der Waals surface area (Å²) < 4.78 is 5.10. The van der Waals surface area contributed by atoms with Gasteiger partial charge in [-0.05, 0) is 6.07 Å². The summed E-state index contributed by atoms with van der Waals surface area (Å²) in [4.78, 5) is 22.7. The molecule has 0 spiro atoms. The number of nitriles is 1. The van der Waals surface area contributed by atoms with E-state index >= 15 is 0 Å². The number of ether oxygens (including phenoxy) is 1. The number of nitro groups is 1. The Morgan fingerprint density at radius 1 is 1.59 bits per heavy atom. The normalized spacial score (nSPS) is 13.6. The zero-order valence-corrected chi connectivity index (χ0v) is 8.62. The Labute approximate surface area is 96.0 Å². The summed E-state index contributed by atoms with van der Waals surface area (Å²) in [6.07, 6.45) is 0. The van der Waals surface area contributed by atoms with Crippen molar-refractivity contribution >= 4 is 17.3 Å². The van der Waals surface area contributed by atoms with E-state index in [1.807, 2.05) is 6.07 Å². The number of rotatable bonds is 2. The summed E-state index contributed by atoms with van der Waals surface area (Å²) in [5.74, 6) is -0.0954. The predicted octanol–water partition coefficient (Wildman–Crippen LogP) is 0.844. The van der Waals surface area contributed by atoms with Crippen LogP contribution in [0.2, 0.25) is 0 Å². The molecule has 0 atom stereocenters. The van der Waals surface area contributed by atoms with Gasteiger partial charge in [-0.25, -0.2) is 0 Å². The number of hydrogen-bond acceptors (Lipinski definition) is 5. The summed E-state index contributed by atoms with van der Waals surface area (Å²) >= 11 is 0. The third-order valence-corrected chi connectivity index (χ3v) is 2.33. The molecule has 1 aromatic rings. The molecular weight excluding hydrogens is 226 g/mol. The molecule has 2 rings (SSSR count). The van der Waals surface area contributed by atoms with E-state index in [1.165, 1.54) is 23.1 Å². The van der Waals surface area contributed by atoms with Crippen molar-refractivity contribution in [2.45, 2.75) is 0 Å². The van der Waals surface area contributed by atoms with Gasteiger partial charge in [-0.2, -0.15) is 5.26 Å². The number of non-ortho nitro benzene ring substituents is 1. The molecule has 17 heavy (non-hydrogen) atoms. The Morgan fingerprint density at radius 3 is 3.00 bits per heavy atom. The molecular formula is C10H7N3O4. The molecule has 0 bridgehead atoms. The molecule has 0 saturated heterocycles. The first-order valence-electron chi connectivity index (χ1n) is 4.72. The van der Waals surface area contributed by atoms with Crippen LogP contribution >= 0.6 is 0 Å².